The molecule has 2 amide bonds. The Morgan fingerprint density at radius 3 is 2.25 bits per heavy atom. The Hall–Kier alpha value is -2.70. The average molecular weight is 277 g/mol. The summed E-state index contributed by atoms with van der Waals surface area (Å²) in [6.07, 6.45) is 0. The van der Waals surface area contributed by atoms with Gasteiger partial charge in [0, 0.05) is 30.0 Å². The first-order valence-electron chi connectivity index (χ1n) is 5.85. The molecule has 2 N–H and O–H groups in total. The van der Waals surface area contributed by atoms with Crippen molar-refractivity contribution >= 4 is 17.5 Å². The minimum absolute atomic E-state index is 0.342. The fourth-order valence-corrected chi connectivity index (χ4v) is 1.58. The van der Waals surface area contributed by atoms with Crippen LogP contribution in [-0.2, 0) is 0 Å². The number of nitrogens with zero attached hydrogens (tertiary/aromatic N) is 1. The number of urea groups is 1. The van der Waals surface area contributed by atoms with Gasteiger partial charge < -0.3 is 19.3 Å². The van der Waals surface area contributed by atoms with E-state index in [1.54, 1.807) is 31.2 Å². The molecular formula is C13H15N3O4. The molecule has 0 atom stereocenters. The zero-order valence-electron chi connectivity index (χ0n) is 11.4. The topological polar surface area (TPSA) is 85.6 Å². The molecule has 1 heterocycles. The highest BCUT2D eigenvalue weighted by atomic mass is 16.5. The monoisotopic (exact) mass is 277 g/mol. The van der Waals surface area contributed by atoms with Gasteiger partial charge in [0.1, 0.15) is 17.3 Å². The highest BCUT2D eigenvalue weighted by molar-refractivity contribution is 5.99. The maximum atomic E-state index is 11.8. The van der Waals surface area contributed by atoms with E-state index in [-0.39, 0.29) is 0 Å². The molecule has 0 fully saturated rings. The van der Waals surface area contributed by atoms with Crippen molar-refractivity contribution in [2.75, 3.05) is 24.9 Å². The van der Waals surface area contributed by atoms with Gasteiger partial charge in [0.2, 0.25) is 0 Å². The van der Waals surface area contributed by atoms with Gasteiger partial charge >= 0.3 is 6.03 Å². The first kappa shape index (κ1) is 13.7. The molecule has 0 aliphatic rings. The summed E-state index contributed by atoms with van der Waals surface area (Å²) >= 11 is 0. The van der Waals surface area contributed by atoms with Crippen LogP contribution in [0.5, 0.6) is 11.5 Å². The number of hydrogen-bond donors (Lipinski definition) is 2. The number of carbonyl (C=O) groups is 1. The maximum absolute atomic E-state index is 11.8. The van der Waals surface area contributed by atoms with Crippen molar-refractivity contribution in [1.29, 1.82) is 0 Å². The standard InChI is InChI=1S/C13H15N3O4/c1-8-4-12(16-20-8)15-13(17)14-9-5-10(18-2)7-11(6-9)19-3/h4-7H,1-3H3,(H2,14,15,16,17). The number of methoxy groups -OCH3 is 2. The first-order chi connectivity index (χ1) is 9.60. The molecule has 0 aliphatic heterocycles. The van der Waals surface area contributed by atoms with Crippen LogP contribution in [0.4, 0.5) is 16.3 Å². The number of aromatic nitrogens is 1. The Bertz CT molecular complexity index is 587. The smallest absolute Gasteiger partial charge is 0.324 e. The average Bonchev–Trinajstić information content (AvgIpc) is 2.83. The van der Waals surface area contributed by atoms with E-state index in [1.165, 1.54) is 14.2 Å². The van der Waals surface area contributed by atoms with Crippen LogP contribution in [0.25, 0.3) is 0 Å². The highest BCUT2D eigenvalue weighted by Gasteiger charge is 2.08. The van der Waals surface area contributed by atoms with Crippen LogP contribution in [0, 0.1) is 6.92 Å². The lowest BCUT2D eigenvalue weighted by Gasteiger charge is -2.09. The second-order valence-corrected chi connectivity index (χ2v) is 4.00. The van der Waals surface area contributed by atoms with Crippen LogP contribution in [0.15, 0.2) is 28.8 Å². The van der Waals surface area contributed by atoms with Crippen molar-refractivity contribution < 1.29 is 18.8 Å². The number of aryl methyl sites for hydroxylation is 1. The normalized spacial score (nSPS) is 9.95. The molecule has 2 aromatic rings. The lowest BCUT2D eigenvalue weighted by molar-refractivity contribution is 0.262. The Kier molecular flexibility index (Phi) is 4.09. The molecule has 0 bridgehead atoms. The van der Waals surface area contributed by atoms with E-state index in [0.29, 0.717) is 28.8 Å². The summed E-state index contributed by atoms with van der Waals surface area (Å²) in [4.78, 5) is 11.8. The van der Waals surface area contributed by atoms with Crippen LogP contribution < -0.4 is 20.1 Å². The molecule has 2 rings (SSSR count). The van der Waals surface area contributed by atoms with Gasteiger partial charge in [-0.2, -0.15) is 0 Å². The molecule has 1 aromatic heterocycles. The van der Waals surface area contributed by atoms with Crippen LogP contribution >= 0.6 is 0 Å². The van der Waals surface area contributed by atoms with Crippen molar-refractivity contribution in [3.8, 4) is 11.5 Å². The second-order valence-electron chi connectivity index (χ2n) is 4.00. The number of anilines is 2. The Morgan fingerprint density at radius 1 is 1.10 bits per heavy atom. The quantitative estimate of drug-likeness (QED) is 0.897. The van der Waals surface area contributed by atoms with Gasteiger partial charge in [-0.25, -0.2) is 4.79 Å². The number of amides is 2. The number of nitrogens with one attached hydrogen (secondary N) is 2. The molecule has 1 aromatic carbocycles. The summed E-state index contributed by atoms with van der Waals surface area (Å²) in [7, 11) is 3.08. The lowest BCUT2D eigenvalue weighted by Crippen LogP contribution is -2.19. The van der Waals surface area contributed by atoms with Gasteiger partial charge in [-0.05, 0) is 6.92 Å². The number of ether oxygens (including phenoxy) is 2. The van der Waals surface area contributed by atoms with Gasteiger partial charge in [-0.1, -0.05) is 5.16 Å². The van der Waals surface area contributed by atoms with Gasteiger partial charge in [-0.3, -0.25) is 5.32 Å². The second kappa shape index (κ2) is 5.96. The Morgan fingerprint density at radius 2 is 1.75 bits per heavy atom. The van der Waals surface area contributed by atoms with E-state index in [4.69, 9.17) is 14.0 Å². The summed E-state index contributed by atoms with van der Waals surface area (Å²) in [5.41, 5.74) is 0.541. The summed E-state index contributed by atoms with van der Waals surface area (Å²) in [6, 6.07) is 6.25. The molecule has 0 aliphatic carbocycles. The maximum Gasteiger partial charge on any atom is 0.324 e. The molecule has 0 radical (unpaired) electrons. The summed E-state index contributed by atoms with van der Waals surface area (Å²) < 4.78 is 15.1. The molecule has 0 spiro atoms. The number of hydrogen-bond acceptors (Lipinski definition) is 5. The van der Waals surface area contributed by atoms with E-state index in [2.05, 4.69) is 15.8 Å². The van der Waals surface area contributed by atoms with E-state index in [1.807, 2.05) is 0 Å². The van der Waals surface area contributed by atoms with Crippen molar-refractivity contribution in [1.82, 2.24) is 5.16 Å². The summed E-state index contributed by atoms with van der Waals surface area (Å²) in [5.74, 6) is 2.12. The Labute approximate surface area is 115 Å². The largest absolute Gasteiger partial charge is 0.497 e. The molecular weight excluding hydrogens is 262 g/mol. The van der Waals surface area contributed by atoms with E-state index < -0.39 is 6.03 Å². The fourth-order valence-electron chi connectivity index (χ4n) is 1.58. The van der Waals surface area contributed by atoms with Gasteiger partial charge in [0.25, 0.3) is 0 Å². The van der Waals surface area contributed by atoms with Crippen LogP contribution in [-0.4, -0.2) is 25.4 Å². The van der Waals surface area contributed by atoms with E-state index in [9.17, 15) is 4.79 Å². The predicted octanol–water partition coefficient (Wildman–Crippen LogP) is 2.64. The minimum Gasteiger partial charge on any atom is -0.497 e. The van der Waals surface area contributed by atoms with E-state index in [0.717, 1.165) is 0 Å². The number of benzene rings is 1. The van der Waals surface area contributed by atoms with Crippen LogP contribution in [0.2, 0.25) is 0 Å². The number of rotatable bonds is 4. The SMILES string of the molecule is COc1cc(NC(=O)Nc2cc(C)on2)cc(OC)c1. The third-order valence-electron chi connectivity index (χ3n) is 2.48. The molecule has 7 nitrogen and oxygen atoms in total. The van der Waals surface area contributed by atoms with Crippen molar-refractivity contribution in [3.63, 3.8) is 0 Å². The van der Waals surface area contributed by atoms with Crippen LogP contribution in [0.1, 0.15) is 5.76 Å². The van der Waals surface area contributed by atoms with Crippen molar-refractivity contribution in [2.45, 2.75) is 6.92 Å². The predicted molar refractivity (Wildman–Crippen MR) is 73.4 cm³/mol. The molecule has 0 unspecified atom stereocenters. The molecule has 106 valence electrons. The lowest BCUT2D eigenvalue weighted by atomic mass is 10.3. The summed E-state index contributed by atoms with van der Waals surface area (Å²) in [5, 5.41) is 8.88. The molecule has 20 heavy (non-hydrogen) atoms. The highest BCUT2D eigenvalue weighted by Crippen LogP contribution is 2.25. The van der Waals surface area contributed by atoms with E-state index >= 15 is 0 Å². The van der Waals surface area contributed by atoms with Gasteiger partial charge in [-0.15, -0.1) is 0 Å². The van der Waals surface area contributed by atoms with Gasteiger partial charge in [0.05, 0.1) is 14.2 Å². The number of carbonyl (C=O) groups excluding carboxylic acids is 1. The first-order valence-corrected chi connectivity index (χ1v) is 5.85. The fraction of sp³-hybridized carbons (Fsp3) is 0.231. The zero-order chi connectivity index (χ0) is 14.5. The van der Waals surface area contributed by atoms with Crippen molar-refractivity contribution in [3.05, 3.63) is 30.0 Å². The Balaban J connectivity index is 2.07. The molecule has 0 saturated carbocycles. The third kappa shape index (κ3) is 3.41. The third-order valence-corrected chi connectivity index (χ3v) is 2.48. The van der Waals surface area contributed by atoms with Crippen molar-refractivity contribution in [2.24, 2.45) is 0 Å². The van der Waals surface area contributed by atoms with Gasteiger partial charge in [0.15, 0.2) is 5.82 Å². The molecule has 7 heteroatoms. The minimum atomic E-state index is -0.436. The summed E-state index contributed by atoms with van der Waals surface area (Å²) in [6.45, 7) is 1.74. The van der Waals surface area contributed by atoms with Crippen LogP contribution in [0.3, 0.4) is 0 Å². The zero-order valence-corrected chi connectivity index (χ0v) is 11.4. The molecule has 0 saturated heterocycles.